The first-order valence-corrected chi connectivity index (χ1v) is 22.8. The topological polar surface area (TPSA) is 174 Å². The summed E-state index contributed by atoms with van der Waals surface area (Å²) >= 11 is 0. The van der Waals surface area contributed by atoms with E-state index < -0.39 is 5.97 Å². The Bertz CT molecular complexity index is 2860. The van der Waals surface area contributed by atoms with Gasteiger partial charge in [0.2, 0.25) is 0 Å². The Hall–Kier alpha value is -8.32. The lowest BCUT2D eigenvalue weighted by molar-refractivity contribution is -0.145. The van der Waals surface area contributed by atoms with Crippen LogP contribution in [-0.4, -0.2) is 29.0 Å². The van der Waals surface area contributed by atoms with Gasteiger partial charge in [0.25, 0.3) is 0 Å². The lowest BCUT2D eigenvalue weighted by Crippen LogP contribution is -2.15. The molecular weight excluding hydrogens is 887 g/mol. The smallest absolute Gasteiger partial charge is 0.342 e. The first-order valence-electron chi connectivity index (χ1n) is 22.8. The molecule has 0 aliphatic carbocycles. The van der Waals surface area contributed by atoms with Crippen molar-refractivity contribution < 1.29 is 52.4 Å². The van der Waals surface area contributed by atoms with Crippen LogP contribution in [0.25, 0.3) is 0 Å². The Morgan fingerprint density at radius 1 is 0.486 bits per heavy atom. The summed E-state index contributed by atoms with van der Waals surface area (Å²) in [5.74, 6) is -1.94. The standard InChI is InChI=1S/2C19H16O3.C13H12O3.C7H7NO2/c2*1-12(13-7-3-2-4-8-13)21-19(20)16-11-17-14-9-5-6-10-15(14)18(16)22-17;1-10(11-5-3-2-4-6-11)16-13(14)12-7-8-15-9-12;8-6-4-2-1-3-5(6)7(9)10/h2*2-12,17-18H,1H3;2-10H,1H3;1-4H,8H2,(H,9,10)/t12-,17+,18+;12-,17-,18-;10-;/m111./s1. The fraction of sp³-hybridized carbons (Fsp3) is 0.172. The number of hydrogen-bond donors (Lipinski definition) is 2. The van der Waals surface area contributed by atoms with Gasteiger partial charge in [0, 0.05) is 5.69 Å². The third-order valence-electron chi connectivity index (χ3n) is 12.0. The van der Waals surface area contributed by atoms with Crippen molar-refractivity contribution in [3.05, 3.63) is 256 Å². The predicted octanol–water partition coefficient (Wildman–Crippen LogP) is 12.3. The first-order chi connectivity index (χ1) is 34.0. The summed E-state index contributed by atoms with van der Waals surface area (Å²) in [5.41, 5.74) is 14.9. The highest BCUT2D eigenvalue weighted by atomic mass is 16.6. The normalized spacial score (nSPS) is 18.4. The Morgan fingerprint density at radius 2 is 0.857 bits per heavy atom. The molecule has 0 unspecified atom stereocenters. The quantitative estimate of drug-likeness (QED) is 0.0756. The third-order valence-corrected chi connectivity index (χ3v) is 12.0. The summed E-state index contributed by atoms with van der Waals surface area (Å²) in [6.45, 7) is 5.61. The number of ether oxygens (including phenoxy) is 5. The molecule has 0 saturated carbocycles. The van der Waals surface area contributed by atoms with Crippen LogP contribution in [0.1, 0.15) is 123 Å². The molecule has 5 heterocycles. The number of aromatic carboxylic acids is 1. The van der Waals surface area contributed by atoms with Crippen molar-refractivity contribution in [1.29, 1.82) is 0 Å². The van der Waals surface area contributed by atoms with E-state index in [-0.39, 0.29) is 66.2 Å². The minimum Gasteiger partial charge on any atom is -0.478 e. The third kappa shape index (κ3) is 11.2. The van der Waals surface area contributed by atoms with Gasteiger partial charge in [-0.3, -0.25) is 0 Å². The van der Waals surface area contributed by atoms with Gasteiger partial charge in [-0.25, -0.2) is 19.2 Å². The van der Waals surface area contributed by atoms with Crippen molar-refractivity contribution >= 4 is 29.6 Å². The lowest BCUT2D eigenvalue weighted by atomic mass is 9.91. The van der Waals surface area contributed by atoms with Crippen molar-refractivity contribution in [2.24, 2.45) is 0 Å². The zero-order valence-corrected chi connectivity index (χ0v) is 38.6. The summed E-state index contributed by atoms with van der Waals surface area (Å²) in [4.78, 5) is 46.9. The second kappa shape index (κ2) is 22.2. The van der Waals surface area contributed by atoms with Crippen molar-refractivity contribution in [1.82, 2.24) is 0 Å². The zero-order valence-electron chi connectivity index (χ0n) is 38.6. The van der Waals surface area contributed by atoms with E-state index in [2.05, 4.69) is 0 Å². The molecule has 6 aromatic carbocycles. The highest BCUT2D eigenvalue weighted by Crippen LogP contribution is 2.51. The van der Waals surface area contributed by atoms with Crippen LogP contribution >= 0.6 is 0 Å². The maximum atomic E-state index is 12.5. The van der Waals surface area contributed by atoms with Crippen LogP contribution in [0.5, 0.6) is 0 Å². The molecule has 12 heteroatoms. The maximum absolute atomic E-state index is 12.5. The molecule has 0 radical (unpaired) electrons. The average Bonchev–Trinajstić information content (AvgIpc) is 4.27. The summed E-state index contributed by atoms with van der Waals surface area (Å²) in [6, 6.07) is 53.1. The Morgan fingerprint density at radius 3 is 1.23 bits per heavy atom. The molecule has 4 aliphatic rings. The van der Waals surface area contributed by atoms with Gasteiger partial charge in [-0.15, -0.1) is 0 Å². The van der Waals surface area contributed by atoms with Crippen LogP contribution in [0, 0.1) is 0 Å². The van der Waals surface area contributed by atoms with Crippen molar-refractivity contribution in [2.45, 2.75) is 63.5 Å². The number of nitrogens with two attached hydrogens (primary N) is 1. The van der Waals surface area contributed by atoms with Crippen LogP contribution in [0.4, 0.5) is 5.69 Å². The summed E-state index contributed by atoms with van der Waals surface area (Å²) in [7, 11) is 0. The van der Waals surface area contributed by atoms with Gasteiger partial charge in [0.05, 0.1) is 28.5 Å². The van der Waals surface area contributed by atoms with Crippen LogP contribution in [0.2, 0.25) is 0 Å². The number of hydrogen-bond acceptors (Lipinski definition) is 11. The van der Waals surface area contributed by atoms with Crippen molar-refractivity contribution in [3.8, 4) is 0 Å². The molecule has 1 aromatic heterocycles. The number of nitrogen functional groups attached to an aromatic ring is 1. The maximum Gasteiger partial charge on any atom is 0.342 e. The number of esters is 3. The van der Waals surface area contributed by atoms with E-state index >= 15 is 0 Å². The molecule has 0 spiro atoms. The highest BCUT2D eigenvalue weighted by molar-refractivity contribution is 5.94. The molecular formula is C58H51NO11. The molecule has 354 valence electrons. The fourth-order valence-electron chi connectivity index (χ4n) is 8.33. The Balaban J connectivity index is 0.000000130. The number of furan rings is 1. The van der Waals surface area contributed by atoms with Gasteiger partial charge in [-0.05, 0) is 90.1 Å². The minimum atomic E-state index is -0.988. The number of carboxylic acid groups (broad SMARTS) is 1. The summed E-state index contributed by atoms with van der Waals surface area (Å²) < 4.78 is 33.0. The molecule has 0 amide bonds. The lowest BCUT2D eigenvalue weighted by Gasteiger charge is -2.17. The molecule has 3 N–H and O–H groups in total. The molecule has 7 aromatic rings. The summed E-state index contributed by atoms with van der Waals surface area (Å²) in [5, 5.41) is 8.49. The monoisotopic (exact) mass is 937 g/mol. The van der Waals surface area contributed by atoms with Crippen LogP contribution in [0.15, 0.2) is 210 Å². The van der Waals surface area contributed by atoms with E-state index in [4.69, 9.17) is 38.9 Å². The molecule has 4 aliphatic heterocycles. The molecule has 7 atom stereocenters. The minimum absolute atomic E-state index is 0.115. The fourth-order valence-corrected chi connectivity index (χ4v) is 8.33. The number of para-hydroxylation sites is 1. The number of carboxylic acids is 1. The summed E-state index contributed by atoms with van der Waals surface area (Å²) in [6.07, 6.45) is 4.99. The van der Waals surface area contributed by atoms with E-state index in [1.807, 2.05) is 172 Å². The number of anilines is 1. The van der Waals surface area contributed by atoms with E-state index in [0.717, 1.165) is 38.9 Å². The number of carbonyl (C=O) groups excluding carboxylic acids is 3. The van der Waals surface area contributed by atoms with Crippen molar-refractivity contribution in [2.75, 3.05) is 5.73 Å². The molecule has 0 fully saturated rings. The van der Waals surface area contributed by atoms with E-state index in [9.17, 15) is 19.2 Å². The molecule has 4 bridgehead atoms. The van der Waals surface area contributed by atoms with Crippen molar-refractivity contribution in [3.63, 3.8) is 0 Å². The van der Waals surface area contributed by atoms with Gasteiger partial charge >= 0.3 is 23.9 Å². The Labute approximate surface area is 405 Å². The van der Waals surface area contributed by atoms with Gasteiger partial charge in [0.15, 0.2) is 0 Å². The van der Waals surface area contributed by atoms with Gasteiger partial charge in [-0.2, -0.15) is 0 Å². The predicted molar refractivity (Wildman–Crippen MR) is 261 cm³/mol. The van der Waals surface area contributed by atoms with E-state index in [0.29, 0.717) is 22.4 Å². The van der Waals surface area contributed by atoms with E-state index in [1.165, 1.54) is 18.6 Å². The largest absolute Gasteiger partial charge is 0.478 e. The van der Waals surface area contributed by atoms with E-state index in [1.54, 1.807) is 24.3 Å². The number of fused-ring (bicyclic) bond motifs is 10. The molecule has 70 heavy (non-hydrogen) atoms. The molecule has 0 saturated heterocycles. The van der Waals surface area contributed by atoms with Crippen LogP contribution in [0.3, 0.4) is 0 Å². The highest BCUT2D eigenvalue weighted by Gasteiger charge is 2.43. The van der Waals surface area contributed by atoms with Gasteiger partial charge < -0.3 is 38.9 Å². The van der Waals surface area contributed by atoms with Crippen LogP contribution in [-0.2, 0) is 33.3 Å². The number of rotatable bonds is 10. The van der Waals surface area contributed by atoms with Crippen LogP contribution < -0.4 is 5.73 Å². The second-order valence-corrected chi connectivity index (χ2v) is 16.7. The number of carbonyl (C=O) groups is 4. The SMILES string of the molecule is C[C@@H](OC(=O)C1=C[C@@H]2O[C@H]1c1ccccc12)c1ccccc1.C[C@@H](OC(=O)C1=C[C@H]2O[C@@H]1c1ccccc12)c1ccccc1.C[C@@H](OC(=O)c1ccoc1)c1ccccc1.Nc1ccccc1C(=O)O. The number of benzene rings is 6. The molecule has 12 nitrogen and oxygen atoms in total. The second-order valence-electron chi connectivity index (χ2n) is 16.7. The first kappa shape index (κ1) is 48.1. The Kier molecular flexibility index (Phi) is 15.3. The zero-order chi connectivity index (χ0) is 49.1. The average molecular weight is 938 g/mol. The molecule has 11 rings (SSSR count). The van der Waals surface area contributed by atoms with Gasteiger partial charge in [-0.1, -0.05) is 152 Å². The van der Waals surface area contributed by atoms with Gasteiger partial charge in [0.1, 0.15) is 49.0 Å².